The van der Waals surface area contributed by atoms with Crippen LogP contribution in [-0.4, -0.2) is 5.71 Å². The minimum absolute atomic E-state index is 0.368. The maximum absolute atomic E-state index is 12.6. The minimum Gasteiger partial charge on any atom is -0.422 e. The summed E-state index contributed by atoms with van der Waals surface area (Å²) in [6.07, 6.45) is 0. The molecule has 5 nitrogen and oxygen atoms in total. The van der Waals surface area contributed by atoms with Crippen LogP contribution in [0.3, 0.4) is 0 Å². The molecule has 0 aliphatic carbocycles. The van der Waals surface area contributed by atoms with Crippen LogP contribution in [0, 0.1) is 0 Å². The van der Waals surface area contributed by atoms with Gasteiger partial charge in [0.2, 0.25) is 0 Å². The highest BCUT2D eigenvalue weighted by Crippen LogP contribution is 2.40. The molecule has 1 aromatic heterocycles. The number of fused-ring (bicyclic) bond motifs is 1. The smallest absolute Gasteiger partial charge is 0.344 e. The molecule has 0 saturated carbocycles. The molecule has 3 aromatic carbocycles. The van der Waals surface area contributed by atoms with E-state index in [0.717, 1.165) is 27.8 Å². The molecule has 1 unspecified atom stereocenters. The predicted octanol–water partition coefficient (Wildman–Crippen LogP) is 5.55. The molecule has 0 fully saturated rings. The molecule has 2 heterocycles. The SMILES string of the molecule is CC1=NN=NC1(c1ccccc1)c1ccc2cc(-c3ccccc3)c(=O)oc2c1. The first kappa shape index (κ1) is 17.3. The third-order valence-corrected chi connectivity index (χ3v) is 5.34. The molecule has 29 heavy (non-hydrogen) atoms. The average molecular weight is 379 g/mol. The molecule has 140 valence electrons. The predicted molar refractivity (Wildman–Crippen MR) is 113 cm³/mol. The molecule has 0 N–H and O–H groups in total. The lowest BCUT2D eigenvalue weighted by Crippen LogP contribution is -2.31. The molecule has 0 saturated heterocycles. The molecule has 5 heteroatoms. The van der Waals surface area contributed by atoms with E-state index < -0.39 is 5.54 Å². The van der Waals surface area contributed by atoms with Crippen molar-refractivity contribution in [1.82, 2.24) is 0 Å². The molecule has 4 aromatic rings. The van der Waals surface area contributed by atoms with Gasteiger partial charge in [-0.1, -0.05) is 72.8 Å². The lowest BCUT2D eigenvalue weighted by Gasteiger charge is -2.26. The molecule has 0 radical (unpaired) electrons. The average Bonchev–Trinajstić information content (AvgIpc) is 3.16. The Morgan fingerprint density at radius 2 is 1.55 bits per heavy atom. The largest absolute Gasteiger partial charge is 0.422 e. The van der Waals surface area contributed by atoms with Gasteiger partial charge in [0.25, 0.3) is 0 Å². The van der Waals surface area contributed by atoms with Gasteiger partial charge >= 0.3 is 5.63 Å². The van der Waals surface area contributed by atoms with Crippen molar-refractivity contribution < 1.29 is 4.42 Å². The van der Waals surface area contributed by atoms with Crippen molar-refractivity contribution in [3.63, 3.8) is 0 Å². The number of nitrogens with zero attached hydrogens (tertiary/aromatic N) is 3. The molecule has 0 bridgehead atoms. The molecule has 0 spiro atoms. The van der Waals surface area contributed by atoms with E-state index >= 15 is 0 Å². The third-order valence-electron chi connectivity index (χ3n) is 5.34. The Hall–Kier alpha value is -3.86. The van der Waals surface area contributed by atoms with E-state index in [9.17, 15) is 4.79 Å². The Morgan fingerprint density at radius 3 is 2.24 bits per heavy atom. The van der Waals surface area contributed by atoms with Crippen LogP contribution in [0.25, 0.3) is 22.1 Å². The topological polar surface area (TPSA) is 67.3 Å². The highest BCUT2D eigenvalue weighted by molar-refractivity contribution is 5.97. The van der Waals surface area contributed by atoms with E-state index in [1.165, 1.54) is 0 Å². The molecular formula is C24H17N3O2. The van der Waals surface area contributed by atoms with Crippen LogP contribution < -0.4 is 5.63 Å². The summed E-state index contributed by atoms with van der Waals surface area (Å²) in [5.41, 5.74) is 3.30. The van der Waals surface area contributed by atoms with E-state index in [0.29, 0.717) is 11.1 Å². The van der Waals surface area contributed by atoms with E-state index in [-0.39, 0.29) is 5.63 Å². The fourth-order valence-corrected chi connectivity index (χ4v) is 3.84. The van der Waals surface area contributed by atoms with Crippen molar-refractivity contribution in [2.75, 3.05) is 0 Å². The lowest BCUT2D eigenvalue weighted by atomic mass is 9.80. The highest BCUT2D eigenvalue weighted by atomic mass is 16.4. The van der Waals surface area contributed by atoms with Crippen LogP contribution in [0.1, 0.15) is 18.1 Å². The summed E-state index contributed by atoms with van der Waals surface area (Å²) in [6.45, 7) is 1.91. The molecule has 1 atom stereocenters. The van der Waals surface area contributed by atoms with Gasteiger partial charge < -0.3 is 4.42 Å². The van der Waals surface area contributed by atoms with Crippen molar-refractivity contribution in [1.29, 1.82) is 0 Å². The summed E-state index contributed by atoms with van der Waals surface area (Å²) >= 11 is 0. The van der Waals surface area contributed by atoms with E-state index in [1.807, 2.05) is 91.9 Å². The monoisotopic (exact) mass is 379 g/mol. The van der Waals surface area contributed by atoms with Gasteiger partial charge in [0.1, 0.15) is 5.58 Å². The Morgan fingerprint density at radius 1 is 0.828 bits per heavy atom. The van der Waals surface area contributed by atoms with Crippen molar-refractivity contribution in [3.8, 4) is 11.1 Å². The maximum Gasteiger partial charge on any atom is 0.344 e. The van der Waals surface area contributed by atoms with E-state index in [4.69, 9.17) is 4.42 Å². The van der Waals surface area contributed by atoms with Crippen molar-refractivity contribution >= 4 is 16.7 Å². The van der Waals surface area contributed by atoms with Gasteiger partial charge in [-0.25, -0.2) is 4.79 Å². The Balaban J connectivity index is 1.70. The van der Waals surface area contributed by atoms with Crippen LogP contribution in [0.4, 0.5) is 0 Å². The zero-order valence-electron chi connectivity index (χ0n) is 15.7. The minimum atomic E-state index is -0.813. The van der Waals surface area contributed by atoms with E-state index in [1.54, 1.807) is 0 Å². The molecule has 0 amide bonds. The summed E-state index contributed by atoms with van der Waals surface area (Å²) in [5, 5.41) is 13.5. The first-order valence-corrected chi connectivity index (χ1v) is 9.35. The van der Waals surface area contributed by atoms with Gasteiger partial charge in [-0.2, -0.15) is 0 Å². The van der Waals surface area contributed by atoms with Crippen LogP contribution >= 0.6 is 0 Å². The number of rotatable bonds is 3. The molecular weight excluding hydrogens is 362 g/mol. The van der Waals surface area contributed by atoms with Gasteiger partial charge in [-0.15, -0.1) is 10.2 Å². The van der Waals surface area contributed by atoms with Crippen molar-refractivity contribution in [2.24, 2.45) is 15.4 Å². The van der Waals surface area contributed by atoms with Crippen LogP contribution in [0.15, 0.2) is 110 Å². The fourth-order valence-electron chi connectivity index (χ4n) is 3.84. The van der Waals surface area contributed by atoms with E-state index in [2.05, 4.69) is 15.4 Å². The standard InChI is InChI=1S/C24H17N3O2/c1-16-24(26-27-25-16,19-10-6-3-7-11-19)20-13-12-18-14-21(17-8-4-2-5-9-17)23(28)29-22(18)15-20/h2-15H,1H3. The maximum atomic E-state index is 12.6. The Bertz CT molecular complexity index is 1320. The zero-order chi connectivity index (χ0) is 19.8. The second-order valence-corrected chi connectivity index (χ2v) is 7.02. The van der Waals surface area contributed by atoms with Gasteiger partial charge in [-0.3, -0.25) is 0 Å². The molecule has 1 aliphatic rings. The summed E-state index contributed by atoms with van der Waals surface area (Å²) in [5.74, 6) is 0. The van der Waals surface area contributed by atoms with Gasteiger partial charge in [0.15, 0.2) is 5.54 Å². The summed E-state index contributed by atoms with van der Waals surface area (Å²) < 4.78 is 5.70. The van der Waals surface area contributed by atoms with Gasteiger partial charge in [0, 0.05) is 5.39 Å². The third kappa shape index (κ3) is 2.70. The van der Waals surface area contributed by atoms with Crippen molar-refractivity contribution in [3.05, 3.63) is 106 Å². The summed E-state index contributed by atoms with van der Waals surface area (Å²) in [4.78, 5) is 12.6. The van der Waals surface area contributed by atoms with Crippen LogP contribution in [0.5, 0.6) is 0 Å². The number of hydrogen-bond donors (Lipinski definition) is 0. The second kappa shape index (κ2) is 6.63. The zero-order valence-corrected chi connectivity index (χ0v) is 15.7. The summed E-state index contributed by atoms with van der Waals surface area (Å²) in [6, 6.07) is 27.1. The Labute approximate surface area is 167 Å². The number of hydrogen-bond acceptors (Lipinski definition) is 5. The fraction of sp³-hybridized carbons (Fsp3) is 0.0833. The second-order valence-electron chi connectivity index (χ2n) is 7.02. The first-order valence-electron chi connectivity index (χ1n) is 9.35. The first-order chi connectivity index (χ1) is 14.2. The summed E-state index contributed by atoms with van der Waals surface area (Å²) in [7, 11) is 0. The molecule has 5 rings (SSSR count). The van der Waals surface area contributed by atoms with Gasteiger partial charge in [0.05, 0.1) is 11.3 Å². The van der Waals surface area contributed by atoms with Crippen LogP contribution in [-0.2, 0) is 5.54 Å². The molecule has 1 aliphatic heterocycles. The highest BCUT2D eigenvalue weighted by Gasteiger charge is 2.41. The van der Waals surface area contributed by atoms with Crippen molar-refractivity contribution in [2.45, 2.75) is 12.5 Å². The van der Waals surface area contributed by atoms with Crippen LogP contribution in [0.2, 0.25) is 0 Å². The Kier molecular flexibility index (Phi) is 3.95. The lowest BCUT2D eigenvalue weighted by molar-refractivity contribution is 0.562. The quantitative estimate of drug-likeness (QED) is 0.438. The normalized spacial score (nSPS) is 18.2. The number of benzene rings is 3. The van der Waals surface area contributed by atoms with Gasteiger partial charge in [-0.05, 0) is 41.0 Å².